The third-order valence-electron chi connectivity index (χ3n) is 4.20. The zero-order valence-electron chi connectivity index (χ0n) is 16.1. The van der Waals surface area contributed by atoms with Crippen LogP contribution >= 0.6 is 0 Å². The smallest absolute Gasteiger partial charge is 0.258 e. The highest BCUT2D eigenvalue weighted by Crippen LogP contribution is 2.21. The third kappa shape index (κ3) is 4.61. The molecule has 3 heterocycles. The number of anilines is 2. The maximum absolute atomic E-state index is 12.6. The van der Waals surface area contributed by atoms with Crippen molar-refractivity contribution in [2.24, 2.45) is 5.92 Å². The number of fused-ring (bicyclic) bond motifs is 1. The van der Waals surface area contributed by atoms with Crippen LogP contribution in [0.5, 0.6) is 0 Å². The Morgan fingerprint density at radius 3 is 2.85 bits per heavy atom. The highest BCUT2D eigenvalue weighted by Gasteiger charge is 2.14. The summed E-state index contributed by atoms with van der Waals surface area (Å²) < 4.78 is 1.69. The van der Waals surface area contributed by atoms with Gasteiger partial charge in [-0.25, -0.2) is 4.98 Å². The molecule has 7 heteroatoms. The Morgan fingerprint density at radius 1 is 1.30 bits per heavy atom. The average Bonchev–Trinajstić information content (AvgIpc) is 3.08. The normalized spacial score (nSPS) is 11.1. The van der Waals surface area contributed by atoms with E-state index in [0.717, 1.165) is 42.8 Å². The number of unbranched alkanes of at least 4 members (excludes halogenated alkanes) is 1. The maximum atomic E-state index is 12.6. The fraction of sp³-hybridized carbons (Fsp3) is 0.400. The number of nitrogens with one attached hydrogen (secondary N) is 2. The molecule has 3 aromatic heterocycles. The van der Waals surface area contributed by atoms with E-state index >= 15 is 0 Å². The molecule has 1 amide bonds. The standard InChI is InChI=1S/C20H26N6O/c1-4-5-7-15-13-23-26-18(25-20(27)16-8-6-9-21-12-16)10-17(24-19(15)26)22-11-14(2)3/h6,8-10,12-14H,4-5,7,11H2,1-3H3,(H,22,24)(H,25,27). The SMILES string of the molecule is CCCCc1cnn2c(NC(=O)c3cccnc3)cc(NCC(C)C)nc12. The second-order valence-electron chi connectivity index (χ2n) is 7.01. The Hall–Kier alpha value is -2.96. The molecule has 0 saturated heterocycles. The number of hydrogen-bond donors (Lipinski definition) is 2. The van der Waals surface area contributed by atoms with Crippen molar-refractivity contribution in [1.82, 2.24) is 19.6 Å². The van der Waals surface area contributed by atoms with Crippen molar-refractivity contribution in [3.05, 3.63) is 47.9 Å². The van der Waals surface area contributed by atoms with Gasteiger partial charge in [0.15, 0.2) is 5.65 Å². The summed E-state index contributed by atoms with van der Waals surface area (Å²) in [6.07, 6.45) is 8.11. The largest absolute Gasteiger partial charge is 0.370 e. The molecular formula is C20H26N6O. The van der Waals surface area contributed by atoms with Crippen molar-refractivity contribution in [2.45, 2.75) is 40.0 Å². The van der Waals surface area contributed by atoms with Crippen LogP contribution in [-0.2, 0) is 6.42 Å². The van der Waals surface area contributed by atoms with E-state index in [4.69, 9.17) is 4.98 Å². The zero-order chi connectivity index (χ0) is 19.2. The van der Waals surface area contributed by atoms with Crippen LogP contribution in [0, 0.1) is 5.92 Å². The molecule has 0 aromatic carbocycles. The monoisotopic (exact) mass is 366 g/mol. The summed E-state index contributed by atoms with van der Waals surface area (Å²) in [5.41, 5.74) is 2.36. The van der Waals surface area contributed by atoms with Crippen LogP contribution in [0.4, 0.5) is 11.6 Å². The highest BCUT2D eigenvalue weighted by molar-refractivity contribution is 6.03. The second-order valence-corrected chi connectivity index (χ2v) is 7.01. The van der Waals surface area contributed by atoms with Gasteiger partial charge in [-0.3, -0.25) is 9.78 Å². The molecule has 0 aliphatic heterocycles. The Balaban J connectivity index is 1.96. The Morgan fingerprint density at radius 2 is 2.15 bits per heavy atom. The lowest BCUT2D eigenvalue weighted by Crippen LogP contribution is -2.17. The fourth-order valence-corrected chi connectivity index (χ4v) is 2.73. The van der Waals surface area contributed by atoms with Crippen molar-refractivity contribution < 1.29 is 4.79 Å². The number of hydrogen-bond acceptors (Lipinski definition) is 5. The van der Waals surface area contributed by atoms with Crippen LogP contribution in [0.1, 0.15) is 49.5 Å². The Kier molecular flexibility index (Phi) is 6.01. The van der Waals surface area contributed by atoms with Crippen LogP contribution in [0.3, 0.4) is 0 Å². The fourth-order valence-electron chi connectivity index (χ4n) is 2.73. The first kappa shape index (κ1) is 18.8. The zero-order valence-corrected chi connectivity index (χ0v) is 16.1. The van der Waals surface area contributed by atoms with Gasteiger partial charge in [-0.1, -0.05) is 27.2 Å². The first-order valence-corrected chi connectivity index (χ1v) is 9.41. The molecule has 0 fully saturated rings. The summed E-state index contributed by atoms with van der Waals surface area (Å²) in [6, 6.07) is 5.29. The summed E-state index contributed by atoms with van der Waals surface area (Å²) >= 11 is 0. The summed E-state index contributed by atoms with van der Waals surface area (Å²) in [5, 5.41) is 10.7. The van der Waals surface area contributed by atoms with Crippen molar-refractivity contribution in [2.75, 3.05) is 17.2 Å². The first-order chi connectivity index (χ1) is 13.1. The number of rotatable bonds is 8. The number of carbonyl (C=O) groups is 1. The molecule has 0 bridgehead atoms. The maximum Gasteiger partial charge on any atom is 0.258 e. The summed E-state index contributed by atoms with van der Waals surface area (Å²) in [5.74, 6) is 1.58. The van der Waals surface area contributed by atoms with Gasteiger partial charge in [-0.2, -0.15) is 9.61 Å². The van der Waals surface area contributed by atoms with Gasteiger partial charge in [0, 0.05) is 30.6 Å². The molecule has 0 aliphatic carbocycles. The van der Waals surface area contributed by atoms with Gasteiger partial charge in [0.05, 0.1) is 11.8 Å². The summed E-state index contributed by atoms with van der Waals surface area (Å²) in [6.45, 7) is 7.25. The van der Waals surface area contributed by atoms with Crippen molar-refractivity contribution in [1.29, 1.82) is 0 Å². The minimum Gasteiger partial charge on any atom is -0.370 e. The summed E-state index contributed by atoms with van der Waals surface area (Å²) in [4.78, 5) is 21.3. The van der Waals surface area contributed by atoms with Crippen LogP contribution in [0.15, 0.2) is 36.8 Å². The molecule has 142 valence electrons. The minimum absolute atomic E-state index is 0.226. The topological polar surface area (TPSA) is 84.2 Å². The van der Waals surface area contributed by atoms with E-state index in [2.05, 4.69) is 41.5 Å². The van der Waals surface area contributed by atoms with E-state index < -0.39 is 0 Å². The van der Waals surface area contributed by atoms with Crippen molar-refractivity contribution in [3.63, 3.8) is 0 Å². The summed E-state index contributed by atoms with van der Waals surface area (Å²) in [7, 11) is 0. The quantitative estimate of drug-likeness (QED) is 0.634. The molecule has 0 atom stereocenters. The Bertz CT molecular complexity index is 903. The van der Waals surface area contributed by atoms with Gasteiger partial charge in [0.2, 0.25) is 0 Å². The van der Waals surface area contributed by atoms with Crippen LogP contribution in [0.25, 0.3) is 5.65 Å². The van der Waals surface area contributed by atoms with Crippen molar-refractivity contribution >= 4 is 23.2 Å². The number of carbonyl (C=O) groups excluding carboxylic acids is 1. The van der Waals surface area contributed by atoms with Gasteiger partial charge in [-0.05, 0) is 30.9 Å². The average molecular weight is 366 g/mol. The van der Waals surface area contributed by atoms with Crippen molar-refractivity contribution in [3.8, 4) is 0 Å². The molecule has 0 spiro atoms. The Labute approximate surface area is 159 Å². The molecule has 0 unspecified atom stereocenters. The van der Waals surface area contributed by atoms with Crippen LogP contribution < -0.4 is 10.6 Å². The minimum atomic E-state index is -0.226. The molecular weight excluding hydrogens is 340 g/mol. The number of aryl methyl sites for hydroxylation is 1. The number of nitrogens with zero attached hydrogens (tertiary/aromatic N) is 4. The molecule has 7 nitrogen and oxygen atoms in total. The number of amides is 1. The predicted molar refractivity (Wildman–Crippen MR) is 107 cm³/mol. The van der Waals surface area contributed by atoms with Gasteiger partial charge in [0.1, 0.15) is 11.6 Å². The van der Waals surface area contributed by atoms with Crippen LogP contribution in [-0.4, -0.2) is 32.0 Å². The van der Waals surface area contributed by atoms with E-state index in [1.807, 2.05) is 12.3 Å². The van der Waals surface area contributed by atoms with Gasteiger partial charge < -0.3 is 10.6 Å². The highest BCUT2D eigenvalue weighted by atomic mass is 16.1. The van der Waals surface area contributed by atoms with E-state index in [1.165, 1.54) is 0 Å². The lowest BCUT2D eigenvalue weighted by molar-refractivity contribution is 0.102. The van der Waals surface area contributed by atoms with Gasteiger partial charge in [-0.15, -0.1) is 0 Å². The molecule has 3 aromatic rings. The lowest BCUT2D eigenvalue weighted by Gasteiger charge is -2.12. The first-order valence-electron chi connectivity index (χ1n) is 9.41. The van der Waals surface area contributed by atoms with E-state index in [0.29, 0.717) is 17.3 Å². The molecule has 0 radical (unpaired) electrons. The second kappa shape index (κ2) is 8.62. The molecule has 0 saturated carbocycles. The number of pyridine rings is 1. The number of aromatic nitrogens is 4. The molecule has 27 heavy (non-hydrogen) atoms. The van der Waals surface area contributed by atoms with E-state index in [1.54, 1.807) is 29.0 Å². The third-order valence-corrected chi connectivity index (χ3v) is 4.20. The predicted octanol–water partition coefficient (Wildman–Crippen LogP) is 3.79. The molecule has 2 N–H and O–H groups in total. The van der Waals surface area contributed by atoms with Crippen LogP contribution in [0.2, 0.25) is 0 Å². The van der Waals surface area contributed by atoms with E-state index in [9.17, 15) is 4.79 Å². The lowest BCUT2D eigenvalue weighted by atomic mass is 10.1. The van der Waals surface area contributed by atoms with Gasteiger partial charge >= 0.3 is 0 Å². The van der Waals surface area contributed by atoms with Gasteiger partial charge in [0.25, 0.3) is 5.91 Å². The molecule has 3 rings (SSSR count). The molecule has 0 aliphatic rings. The van der Waals surface area contributed by atoms with E-state index in [-0.39, 0.29) is 5.91 Å².